The van der Waals surface area contributed by atoms with E-state index in [2.05, 4.69) is 51.1 Å². The molecule has 3 saturated heterocycles. The Morgan fingerprint density at radius 1 is 1.05 bits per heavy atom. The van der Waals surface area contributed by atoms with E-state index in [1.807, 2.05) is 30.1 Å². The van der Waals surface area contributed by atoms with Gasteiger partial charge in [-0.15, -0.1) is 11.3 Å². The highest BCUT2D eigenvalue weighted by atomic mass is 32.2. The molecule has 0 radical (unpaired) electrons. The first-order valence-electron chi connectivity index (χ1n) is 14.5. The number of carbonyl (C=O) groups excluding carboxylic acids is 1. The van der Waals surface area contributed by atoms with Gasteiger partial charge in [0, 0.05) is 68.3 Å². The number of sulfonamides is 1. The van der Waals surface area contributed by atoms with Gasteiger partial charge in [0.25, 0.3) is 5.91 Å². The van der Waals surface area contributed by atoms with Crippen LogP contribution in [0.1, 0.15) is 72.2 Å². The monoisotopic (exact) mass is 588 g/mol. The highest BCUT2D eigenvalue weighted by molar-refractivity contribution is 7.88. The van der Waals surface area contributed by atoms with Crippen molar-refractivity contribution < 1.29 is 13.2 Å². The number of aryl methyl sites for hydroxylation is 2. The summed E-state index contributed by atoms with van der Waals surface area (Å²) in [6, 6.07) is 5.11. The topological polar surface area (TPSA) is 90.0 Å². The third kappa shape index (κ3) is 5.99. The molecule has 11 heteroatoms. The first-order chi connectivity index (χ1) is 19.0. The highest BCUT2D eigenvalue weighted by Gasteiger charge is 2.43. The molecule has 0 spiro atoms. The summed E-state index contributed by atoms with van der Waals surface area (Å²) in [5.41, 5.74) is 2.21. The van der Waals surface area contributed by atoms with Crippen LogP contribution in [0.3, 0.4) is 0 Å². The zero-order valence-electron chi connectivity index (χ0n) is 24.5. The van der Waals surface area contributed by atoms with Crippen LogP contribution in [0.5, 0.6) is 0 Å². The van der Waals surface area contributed by atoms with Gasteiger partial charge in [-0.25, -0.2) is 22.7 Å². The lowest BCUT2D eigenvalue weighted by atomic mass is 9.84. The molecule has 1 amide bonds. The molecule has 5 rings (SSSR count). The van der Waals surface area contributed by atoms with Gasteiger partial charge in [0.05, 0.1) is 23.2 Å². The predicted octanol–water partition coefficient (Wildman–Crippen LogP) is 3.57. The van der Waals surface area contributed by atoms with E-state index in [0.717, 1.165) is 69.8 Å². The molecular weight excluding hydrogens is 544 g/mol. The molecule has 3 aliphatic heterocycles. The summed E-state index contributed by atoms with van der Waals surface area (Å²) in [5.74, 6) is 0.501. The quantitative estimate of drug-likeness (QED) is 0.510. The molecule has 0 aliphatic carbocycles. The molecule has 0 aromatic carbocycles. The smallest absolute Gasteiger partial charge is 0.257 e. The standard InChI is InChI=1S/C29H44N6O3S2/c1-21-19-33(29(4)10-14-32(15-11-29)28(36)26-22(2)30-20-31-23(26)3)16-17-35(21)27(25-7-6-18-39-25)24-8-12-34(13-9-24)40(5,37)38/h6-7,18,20-21,24,27H,8-17,19H2,1-5H3/t21-,27-/m0/s1. The Balaban J connectivity index is 1.23. The molecule has 3 aliphatic rings. The first-order valence-corrected chi connectivity index (χ1v) is 17.3. The second kappa shape index (κ2) is 11.8. The number of carbonyl (C=O) groups is 1. The number of hydrogen-bond acceptors (Lipinski definition) is 8. The average Bonchev–Trinajstić information content (AvgIpc) is 3.44. The van der Waals surface area contributed by atoms with Gasteiger partial charge >= 0.3 is 0 Å². The van der Waals surface area contributed by atoms with Gasteiger partial charge in [-0.2, -0.15) is 0 Å². The van der Waals surface area contributed by atoms with Crippen LogP contribution in [0.2, 0.25) is 0 Å². The number of aromatic nitrogens is 2. The average molecular weight is 589 g/mol. The van der Waals surface area contributed by atoms with Crippen molar-refractivity contribution in [3.05, 3.63) is 45.7 Å². The minimum atomic E-state index is -3.14. The number of likely N-dealkylation sites (tertiary alicyclic amines) is 1. The maximum atomic E-state index is 13.3. The summed E-state index contributed by atoms with van der Waals surface area (Å²) in [5, 5.41) is 2.16. The Morgan fingerprint density at radius 2 is 1.70 bits per heavy atom. The number of nitrogens with zero attached hydrogens (tertiary/aromatic N) is 6. The number of hydrogen-bond donors (Lipinski definition) is 0. The second-order valence-corrected chi connectivity index (χ2v) is 15.2. The van der Waals surface area contributed by atoms with E-state index in [-0.39, 0.29) is 11.4 Å². The summed E-state index contributed by atoms with van der Waals surface area (Å²) < 4.78 is 25.9. The van der Waals surface area contributed by atoms with Gasteiger partial charge in [0.1, 0.15) is 6.33 Å². The summed E-state index contributed by atoms with van der Waals surface area (Å²) in [4.78, 5) is 30.6. The third-order valence-electron chi connectivity index (χ3n) is 9.62. The molecule has 0 unspecified atom stereocenters. The fraction of sp³-hybridized carbons (Fsp3) is 0.690. The van der Waals surface area contributed by atoms with Gasteiger partial charge in [-0.1, -0.05) is 6.07 Å². The second-order valence-electron chi connectivity index (χ2n) is 12.2. The van der Waals surface area contributed by atoms with Crippen molar-refractivity contribution in [3.8, 4) is 0 Å². The molecule has 0 N–H and O–H groups in total. The molecule has 40 heavy (non-hydrogen) atoms. The fourth-order valence-electron chi connectivity index (χ4n) is 7.09. The Bertz CT molecular complexity index is 1260. The van der Waals surface area contributed by atoms with Gasteiger partial charge in [-0.3, -0.25) is 14.6 Å². The summed E-state index contributed by atoms with van der Waals surface area (Å²) >= 11 is 1.82. The highest BCUT2D eigenvalue weighted by Crippen LogP contribution is 2.41. The molecule has 0 bridgehead atoms. The summed E-state index contributed by atoms with van der Waals surface area (Å²) in [6.07, 6.45) is 6.55. The number of rotatable bonds is 6. The van der Waals surface area contributed by atoms with Crippen molar-refractivity contribution in [1.29, 1.82) is 0 Å². The first kappa shape index (κ1) is 29.6. The van der Waals surface area contributed by atoms with Crippen molar-refractivity contribution >= 4 is 27.3 Å². The molecule has 5 heterocycles. The van der Waals surface area contributed by atoms with E-state index in [1.165, 1.54) is 17.5 Å². The molecule has 0 saturated carbocycles. The van der Waals surface area contributed by atoms with Crippen molar-refractivity contribution in [3.63, 3.8) is 0 Å². The zero-order valence-corrected chi connectivity index (χ0v) is 26.2. The van der Waals surface area contributed by atoms with Crippen molar-refractivity contribution in [2.24, 2.45) is 5.92 Å². The molecule has 3 fully saturated rings. The van der Waals surface area contributed by atoms with E-state index in [9.17, 15) is 13.2 Å². The van der Waals surface area contributed by atoms with Crippen LogP contribution in [-0.2, 0) is 10.0 Å². The lowest BCUT2D eigenvalue weighted by molar-refractivity contribution is -0.0415. The van der Waals surface area contributed by atoms with Crippen LogP contribution in [0, 0.1) is 19.8 Å². The largest absolute Gasteiger partial charge is 0.338 e. The Labute approximate surface area is 243 Å². The van der Waals surface area contributed by atoms with Crippen LogP contribution in [0.15, 0.2) is 23.8 Å². The van der Waals surface area contributed by atoms with E-state index in [0.29, 0.717) is 36.7 Å². The van der Waals surface area contributed by atoms with E-state index < -0.39 is 10.0 Å². The third-order valence-corrected chi connectivity index (χ3v) is 11.9. The molecule has 2 aromatic rings. The van der Waals surface area contributed by atoms with Gasteiger partial charge < -0.3 is 4.90 Å². The lowest BCUT2D eigenvalue weighted by Gasteiger charge is -2.53. The van der Waals surface area contributed by atoms with Crippen molar-refractivity contribution in [2.75, 3.05) is 52.1 Å². The predicted molar refractivity (Wildman–Crippen MR) is 159 cm³/mol. The summed E-state index contributed by atoms with van der Waals surface area (Å²) in [6.45, 7) is 14.2. The SMILES string of the molecule is Cc1ncnc(C)c1C(=O)N1CCC(C)(N2CCN([C@H](c3cccs3)C3CCN(S(C)(=O)=O)CC3)[C@@H](C)C2)CC1. The Morgan fingerprint density at radius 3 is 2.25 bits per heavy atom. The number of thiophene rings is 1. The molecular formula is C29H44N6O3S2. The van der Waals surface area contributed by atoms with Crippen LogP contribution in [-0.4, -0.2) is 107 Å². The molecule has 220 valence electrons. The minimum Gasteiger partial charge on any atom is -0.338 e. The Kier molecular flexibility index (Phi) is 8.69. The van der Waals surface area contributed by atoms with E-state index in [4.69, 9.17) is 0 Å². The molecule has 2 aromatic heterocycles. The number of amides is 1. The van der Waals surface area contributed by atoms with Gasteiger partial charge in [0.15, 0.2) is 0 Å². The van der Waals surface area contributed by atoms with Crippen LogP contribution in [0.4, 0.5) is 0 Å². The van der Waals surface area contributed by atoms with E-state index >= 15 is 0 Å². The van der Waals surface area contributed by atoms with Crippen molar-refractivity contribution in [1.82, 2.24) is 29.0 Å². The lowest BCUT2D eigenvalue weighted by Crippen LogP contribution is -2.62. The normalized spacial score (nSPS) is 24.7. The number of piperazine rings is 1. The maximum absolute atomic E-state index is 13.3. The summed E-state index contributed by atoms with van der Waals surface area (Å²) in [7, 11) is -3.14. The number of piperidine rings is 2. The fourth-order valence-corrected chi connectivity index (χ4v) is 8.91. The van der Waals surface area contributed by atoms with Crippen LogP contribution < -0.4 is 0 Å². The molecule has 2 atom stereocenters. The van der Waals surface area contributed by atoms with Crippen LogP contribution >= 0.6 is 11.3 Å². The molecule has 9 nitrogen and oxygen atoms in total. The van der Waals surface area contributed by atoms with Gasteiger partial charge in [0.2, 0.25) is 10.0 Å². The van der Waals surface area contributed by atoms with Crippen LogP contribution in [0.25, 0.3) is 0 Å². The van der Waals surface area contributed by atoms with Gasteiger partial charge in [-0.05, 0) is 70.7 Å². The maximum Gasteiger partial charge on any atom is 0.257 e. The van der Waals surface area contributed by atoms with E-state index in [1.54, 1.807) is 4.31 Å². The Hall–Kier alpha value is -1.92. The van der Waals surface area contributed by atoms with Crippen molar-refractivity contribution in [2.45, 2.75) is 71.0 Å². The zero-order chi connectivity index (χ0) is 28.7. The minimum absolute atomic E-state index is 0.0524.